The van der Waals surface area contributed by atoms with E-state index in [0.717, 1.165) is 31.6 Å². The summed E-state index contributed by atoms with van der Waals surface area (Å²) >= 11 is 6.13. The molecule has 1 unspecified atom stereocenters. The summed E-state index contributed by atoms with van der Waals surface area (Å²) in [5.41, 5.74) is 1.31. The Morgan fingerprint density at radius 2 is 2.42 bits per heavy atom. The fraction of sp³-hybridized carbons (Fsp3) is 0.571. The summed E-state index contributed by atoms with van der Waals surface area (Å²) in [6.45, 7) is 4.07. The molecular formula is C14H19ClN2O2. The van der Waals surface area contributed by atoms with Gasteiger partial charge in [-0.15, -0.1) is 0 Å². The van der Waals surface area contributed by atoms with Gasteiger partial charge in [-0.3, -0.25) is 9.78 Å². The SMILES string of the molecule is COCC1CCCN(C(=O)c2cnc(C)cc2Cl)C1. The topological polar surface area (TPSA) is 42.4 Å². The molecule has 104 valence electrons. The predicted octanol–water partition coefficient (Wildman–Crippen LogP) is 2.54. The fourth-order valence-corrected chi connectivity index (χ4v) is 2.76. The van der Waals surface area contributed by atoms with Gasteiger partial charge >= 0.3 is 0 Å². The Balaban J connectivity index is 2.10. The summed E-state index contributed by atoms with van der Waals surface area (Å²) in [7, 11) is 1.70. The molecular weight excluding hydrogens is 264 g/mol. The summed E-state index contributed by atoms with van der Waals surface area (Å²) in [4.78, 5) is 18.4. The molecule has 1 saturated heterocycles. The molecule has 1 amide bonds. The van der Waals surface area contributed by atoms with E-state index in [4.69, 9.17) is 16.3 Å². The third-order valence-electron chi connectivity index (χ3n) is 3.43. The quantitative estimate of drug-likeness (QED) is 0.856. The van der Waals surface area contributed by atoms with Crippen molar-refractivity contribution in [3.05, 3.63) is 28.5 Å². The number of amides is 1. The van der Waals surface area contributed by atoms with Crippen molar-refractivity contribution in [1.82, 2.24) is 9.88 Å². The predicted molar refractivity (Wildman–Crippen MR) is 74.5 cm³/mol. The molecule has 19 heavy (non-hydrogen) atoms. The van der Waals surface area contributed by atoms with Crippen LogP contribution in [0.3, 0.4) is 0 Å². The van der Waals surface area contributed by atoms with Crippen molar-refractivity contribution in [1.29, 1.82) is 0 Å². The Morgan fingerprint density at radius 3 is 3.11 bits per heavy atom. The first-order chi connectivity index (χ1) is 9.11. The number of likely N-dealkylation sites (tertiary alicyclic amines) is 1. The van der Waals surface area contributed by atoms with Gasteiger partial charge in [0.1, 0.15) is 0 Å². The molecule has 4 nitrogen and oxygen atoms in total. The van der Waals surface area contributed by atoms with E-state index in [9.17, 15) is 4.79 Å². The molecule has 1 aliphatic heterocycles. The molecule has 2 heterocycles. The average Bonchev–Trinajstić information content (AvgIpc) is 2.39. The maximum Gasteiger partial charge on any atom is 0.256 e. The van der Waals surface area contributed by atoms with Gasteiger partial charge in [0.05, 0.1) is 17.2 Å². The second-order valence-corrected chi connectivity index (χ2v) is 5.43. The first kappa shape index (κ1) is 14.3. The number of rotatable bonds is 3. The highest BCUT2D eigenvalue weighted by Crippen LogP contribution is 2.22. The smallest absolute Gasteiger partial charge is 0.256 e. The van der Waals surface area contributed by atoms with E-state index in [-0.39, 0.29) is 5.91 Å². The van der Waals surface area contributed by atoms with Crippen molar-refractivity contribution in [2.45, 2.75) is 19.8 Å². The van der Waals surface area contributed by atoms with Crippen LogP contribution in [0, 0.1) is 12.8 Å². The van der Waals surface area contributed by atoms with Crippen molar-refractivity contribution in [3.63, 3.8) is 0 Å². The summed E-state index contributed by atoms with van der Waals surface area (Å²) in [6.07, 6.45) is 3.69. The molecule has 1 atom stereocenters. The molecule has 0 bridgehead atoms. The molecule has 0 aromatic carbocycles. The first-order valence-electron chi connectivity index (χ1n) is 6.52. The van der Waals surface area contributed by atoms with Crippen molar-refractivity contribution < 1.29 is 9.53 Å². The van der Waals surface area contributed by atoms with Gasteiger partial charge in [-0.2, -0.15) is 0 Å². The maximum atomic E-state index is 12.4. The summed E-state index contributed by atoms with van der Waals surface area (Å²) in [5.74, 6) is 0.387. The number of nitrogens with zero attached hydrogens (tertiary/aromatic N) is 2. The second-order valence-electron chi connectivity index (χ2n) is 5.02. The van der Waals surface area contributed by atoms with E-state index in [0.29, 0.717) is 23.1 Å². The van der Waals surface area contributed by atoms with E-state index in [2.05, 4.69) is 4.98 Å². The molecule has 0 saturated carbocycles. The van der Waals surface area contributed by atoms with Crippen molar-refractivity contribution in [2.24, 2.45) is 5.92 Å². The van der Waals surface area contributed by atoms with Gasteiger partial charge < -0.3 is 9.64 Å². The largest absolute Gasteiger partial charge is 0.384 e. The fourth-order valence-electron chi connectivity index (χ4n) is 2.48. The Morgan fingerprint density at radius 1 is 1.63 bits per heavy atom. The van der Waals surface area contributed by atoms with Gasteiger partial charge in [-0.1, -0.05) is 11.6 Å². The second kappa shape index (κ2) is 6.35. The van der Waals surface area contributed by atoms with Gasteiger partial charge in [0.2, 0.25) is 0 Å². The average molecular weight is 283 g/mol. The van der Waals surface area contributed by atoms with Crippen LogP contribution in [0.2, 0.25) is 5.02 Å². The van der Waals surface area contributed by atoms with Gasteiger partial charge in [0.25, 0.3) is 5.91 Å². The van der Waals surface area contributed by atoms with Crippen molar-refractivity contribution in [3.8, 4) is 0 Å². The Labute approximate surface area is 118 Å². The van der Waals surface area contributed by atoms with E-state index in [1.54, 1.807) is 19.4 Å². The number of piperidine rings is 1. The highest BCUT2D eigenvalue weighted by Gasteiger charge is 2.25. The van der Waals surface area contributed by atoms with Crippen LogP contribution in [0.5, 0.6) is 0 Å². The number of aryl methyl sites for hydroxylation is 1. The number of halogens is 1. The standard InChI is InChI=1S/C14H19ClN2O2/c1-10-6-13(15)12(7-16-10)14(18)17-5-3-4-11(8-17)9-19-2/h6-7,11H,3-5,8-9H2,1-2H3. The third kappa shape index (κ3) is 3.45. The van der Waals surface area contributed by atoms with Crippen LogP contribution in [0.15, 0.2) is 12.3 Å². The molecule has 0 aliphatic carbocycles. The lowest BCUT2D eigenvalue weighted by atomic mass is 9.98. The third-order valence-corrected chi connectivity index (χ3v) is 3.74. The van der Waals surface area contributed by atoms with Crippen LogP contribution in [0.25, 0.3) is 0 Å². The number of ether oxygens (including phenoxy) is 1. The normalized spacial score (nSPS) is 19.5. The summed E-state index contributed by atoms with van der Waals surface area (Å²) in [5, 5.41) is 0.478. The number of hydrogen-bond acceptors (Lipinski definition) is 3. The van der Waals surface area contributed by atoms with Gasteiger partial charge in [0.15, 0.2) is 0 Å². The number of methoxy groups -OCH3 is 1. The molecule has 1 aliphatic rings. The molecule has 0 spiro atoms. The van der Waals surface area contributed by atoms with Crippen LogP contribution >= 0.6 is 11.6 Å². The molecule has 1 fully saturated rings. The van der Waals surface area contributed by atoms with E-state index >= 15 is 0 Å². The lowest BCUT2D eigenvalue weighted by Gasteiger charge is -2.32. The van der Waals surface area contributed by atoms with Crippen LogP contribution in [0.4, 0.5) is 0 Å². The van der Waals surface area contributed by atoms with Crippen LogP contribution in [0.1, 0.15) is 28.9 Å². The number of aromatic nitrogens is 1. The van der Waals surface area contributed by atoms with Gasteiger partial charge in [-0.25, -0.2) is 0 Å². The van der Waals surface area contributed by atoms with Crippen molar-refractivity contribution >= 4 is 17.5 Å². The minimum Gasteiger partial charge on any atom is -0.384 e. The van der Waals surface area contributed by atoms with Crippen molar-refractivity contribution in [2.75, 3.05) is 26.8 Å². The zero-order chi connectivity index (χ0) is 13.8. The minimum atomic E-state index is -0.0293. The lowest BCUT2D eigenvalue weighted by molar-refractivity contribution is 0.0570. The monoisotopic (exact) mass is 282 g/mol. The van der Waals surface area contributed by atoms with Gasteiger partial charge in [0, 0.05) is 32.1 Å². The number of carbonyl (C=O) groups excluding carboxylic acids is 1. The van der Waals surface area contributed by atoms with Crippen LogP contribution in [-0.2, 0) is 4.74 Å². The minimum absolute atomic E-state index is 0.0293. The molecule has 5 heteroatoms. The number of carbonyl (C=O) groups is 1. The molecule has 2 rings (SSSR count). The lowest BCUT2D eigenvalue weighted by Crippen LogP contribution is -2.41. The maximum absolute atomic E-state index is 12.4. The Bertz CT molecular complexity index is 463. The molecule has 1 aromatic heterocycles. The van der Waals surface area contributed by atoms with E-state index < -0.39 is 0 Å². The summed E-state index contributed by atoms with van der Waals surface area (Å²) < 4.78 is 5.18. The zero-order valence-corrected chi connectivity index (χ0v) is 12.1. The highest BCUT2D eigenvalue weighted by molar-refractivity contribution is 6.33. The zero-order valence-electron chi connectivity index (χ0n) is 11.4. The molecule has 0 radical (unpaired) electrons. The number of hydrogen-bond donors (Lipinski definition) is 0. The van der Waals surface area contributed by atoms with E-state index in [1.807, 2.05) is 11.8 Å². The summed E-state index contributed by atoms with van der Waals surface area (Å²) in [6, 6.07) is 1.73. The van der Waals surface area contributed by atoms with Gasteiger partial charge in [-0.05, 0) is 31.7 Å². The molecule has 1 aromatic rings. The van der Waals surface area contributed by atoms with E-state index in [1.165, 1.54) is 0 Å². The first-order valence-corrected chi connectivity index (χ1v) is 6.90. The Hall–Kier alpha value is -1.13. The highest BCUT2D eigenvalue weighted by atomic mass is 35.5. The van der Waals surface area contributed by atoms with Crippen LogP contribution in [-0.4, -0.2) is 42.6 Å². The van der Waals surface area contributed by atoms with Crippen LogP contribution < -0.4 is 0 Å². The number of pyridine rings is 1. The molecule has 0 N–H and O–H groups in total. The Kier molecular flexibility index (Phi) is 4.77.